The first-order chi connectivity index (χ1) is 19.1. The monoisotopic (exact) mass is 515 g/mol. The summed E-state index contributed by atoms with van der Waals surface area (Å²) in [7, 11) is 0. The molecule has 7 heteroatoms. The van der Waals surface area contributed by atoms with Gasteiger partial charge in [0.25, 0.3) is 5.91 Å². The zero-order chi connectivity index (χ0) is 26.8. The van der Waals surface area contributed by atoms with Crippen LogP contribution in [0.25, 0.3) is 11.1 Å². The summed E-state index contributed by atoms with van der Waals surface area (Å²) in [6, 6.07) is 33.6. The molecule has 0 radical (unpaired) electrons. The molecule has 0 aliphatic carbocycles. The molecular weight excluding hydrogens is 490 g/mol. The molecule has 1 unspecified atom stereocenters. The number of aromatic nitrogens is 1. The van der Waals surface area contributed by atoms with Gasteiger partial charge in [0.15, 0.2) is 11.4 Å². The highest BCUT2D eigenvalue weighted by Crippen LogP contribution is 2.36. The number of ether oxygens (including phenoxy) is 1. The van der Waals surface area contributed by atoms with Gasteiger partial charge >= 0.3 is 0 Å². The third-order valence-corrected chi connectivity index (χ3v) is 6.79. The lowest BCUT2D eigenvalue weighted by atomic mass is 9.95. The average Bonchev–Trinajstić information content (AvgIpc) is 3.13. The van der Waals surface area contributed by atoms with Crippen molar-refractivity contribution in [2.45, 2.75) is 12.6 Å². The lowest BCUT2D eigenvalue weighted by molar-refractivity contribution is 0.101. The Kier molecular flexibility index (Phi) is 6.31. The van der Waals surface area contributed by atoms with E-state index in [1.165, 1.54) is 16.9 Å². The Bertz CT molecular complexity index is 1660. The molecule has 1 atom stereocenters. The zero-order valence-corrected chi connectivity index (χ0v) is 20.9. The predicted octanol–water partition coefficient (Wildman–Crippen LogP) is 5.70. The Hall–Kier alpha value is -5.30. The Labute approximate surface area is 224 Å². The number of benzene rings is 4. The van der Waals surface area contributed by atoms with Gasteiger partial charge in [-0.05, 0) is 40.5 Å². The number of amides is 1. The van der Waals surface area contributed by atoms with Gasteiger partial charge in [-0.1, -0.05) is 84.9 Å². The number of fused-ring (bicyclic) bond motifs is 2. The normalized spacial score (nSPS) is 13.8. The van der Waals surface area contributed by atoms with Crippen LogP contribution in [0, 0.1) is 0 Å². The fourth-order valence-electron chi connectivity index (χ4n) is 4.82. The molecule has 6 rings (SSSR count). The SMILES string of the molecule is O=C(Nc1ccc(-c2ccccc2)cc1)c1c(O)c(=O)ccn1NC1c2ccccc2COc2ccccc21. The van der Waals surface area contributed by atoms with Crippen LogP contribution in [0.1, 0.15) is 33.2 Å². The fourth-order valence-corrected chi connectivity index (χ4v) is 4.82. The van der Waals surface area contributed by atoms with E-state index >= 15 is 0 Å². The molecule has 0 bridgehead atoms. The fraction of sp³-hybridized carbons (Fsp3) is 0.0625. The van der Waals surface area contributed by atoms with E-state index in [1.54, 1.807) is 12.1 Å². The van der Waals surface area contributed by atoms with Gasteiger partial charge in [0, 0.05) is 23.5 Å². The van der Waals surface area contributed by atoms with Crippen LogP contribution in [0.4, 0.5) is 5.69 Å². The minimum Gasteiger partial charge on any atom is -0.502 e. The number of para-hydroxylation sites is 1. The lowest BCUT2D eigenvalue weighted by Gasteiger charge is -2.25. The second kappa shape index (κ2) is 10.2. The second-order valence-electron chi connectivity index (χ2n) is 9.23. The molecule has 1 aliphatic heterocycles. The lowest BCUT2D eigenvalue weighted by Crippen LogP contribution is -2.30. The molecule has 0 spiro atoms. The molecule has 3 N–H and O–H groups in total. The summed E-state index contributed by atoms with van der Waals surface area (Å²) in [5.74, 6) is -0.563. The van der Waals surface area contributed by atoms with Crippen molar-refractivity contribution in [2.75, 3.05) is 10.7 Å². The maximum absolute atomic E-state index is 13.5. The summed E-state index contributed by atoms with van der Waals surface area (Å²) in [5.41, 5.74) is 7.90. The number of pyridine rings is 1. The number of nitrogens with one attached hydrogen (secondary N) is 2. The molecule has 0 fully saturated rings. The largest absolute Gasteiger partial charge is 0.502 e. The molecule has 39 heavy (non-hydrogen) atoms. The quantitative estimate of drug-likeness (QED) is 0.279. The van der Waals surface area contributed by atoms with E-state index in [2.05, 4.69) is 10.7 Å². The Morgan fingerprint density at radius 1 is 0.795 bits per heavy atom. The van der Waals surface area contributed by atoms with E-state index in [1.807, 2.05) is 91.0 Å². The summed E-state index contributed by atoms with van der Waals surface area (Å²) < 4.78 is 7.45. The first kappa shape index (κ1) is 24.1. The van der Waals surface area contributed by atoms with Crippen molar-refractivity contribution in [1.82, 2.24) is 4.68 Å². The van der Waals surface area contributed by atoms with Gasteiger partial charge in [0.2, 0.25) is 5.43 Å². The molecule has 7 nitrogen and oxygen atoms in total. The molecule has 0 saturated heterocycles. The first-order valence-corrected chi connectivity index (χ1v) is 12.6. The average molecular weight is 516 g/mol. The maximum Gasteiger partial charge on any atom is 0.278 e. The minimum atomic E-state index is -0.650. The van der Waals surface area contributed by atoms with Crippen molar-refractivity contribution in [3.05, 3.63) is 148 Å². The first-order valence-electron chi connectivity index (χ1n) is 12.6. The Morgan fingerprint density at radius 3 is 2.26 bits per heavy atom. The van der Waals surface area contributed by atoms with Crippen LogP contribution in [0.5, 0.6) is 11.5 Å². The molecule has 1 amide bonds. The van der Waals surface area contributed by atoms with Crippen LogP contribution in [-0.4, -0.2) is 15.7 Å². The van der Waals surface area contributed by atoms with Gasteiger partial charge in [0.1, 0.15) is 12.4 Å². The Morgan fingerprint density at radius 2 is 1.46 bits per heavy atom. The molecule has 2 heterocycles. The molecule has 5 aromatic rings. The van der Waals surface area contributed by atoms with E-state index in [4.69, 9.17) is 4.74 Å². The number of carbonyl (C=O) groups excluding carboxylic acids is 1. The number of hydrogen-bond acceptors (Lipinski definition) is 5. The summed E-state index contributed by atoms with van der Waals surface area (Å²) in [6.07, 6.45) is 1.45. The highest BCUT2D eigenvalue weighted by molar-refractivity contribution is 6.05. The summed E-state index contributed by atoms with van der Waals surface area (Å²) in [5, 5.41) is 13.5. The number of anilines is 1. The van der Waals surface area contributed by atoms with Crippen molar-refractivity contribution in [3.8, 4) is 22.6 Å². The highest BCUT2D eigenvalue weighted by atomic mass is 16.5. The zero-order valence-electron chi connectivity index (χ0n) is 20.9. The van der Waals surface area contributed by atoms with E-state index in [9.17, 15) is 14.7 Å². The number of rotatable bonds is 5. The standard InChI is InChI=1S/C32H25N3O4/c36-27-18-19-35(34-29-25-11-5-4-10-23(25)20-39-28-13-7-6-12-26(28)29)30(31(27)37)32(38)33-24-16-14-22(15-17-24)21-8-2-1-3-9-21/h1-19,29,34,37H,20H2,(H,33,38). The van der Waals surface area contributed by atoms with Gasteiger partial charge in [-0.25, -0.2) is 0 Å². The highest BCUT2D eigenvalue weighted by Gasteiger charge is 2.27. The van der Waals surface area contributed by atoms with Gasteiger partial charge in [0.05, 0.1) is 6.04 Å². The molecule has 1 aromatic heterocycles. The number of carbonyl (C=O) groups is 1. The molecule has 4 aromatic carbocycles. The number of nitrogens with zero attached hydrogens (tertiary/aromatic N) is 1. The second-order valence-corrected chi connectivity index (χ2v) is 9.23. The predicted molar refractivity (Wildman–Crippen MR) is 151 cm³/mol. The minimum absolute atomic E-state index is 0.199. The molecule has 1 aliphatic rings. The van der Waals surface area contributed by atoms with Gasteiger partial charge < -0.3 is 20.6 Å². The van der Waals surface area contributed by atoms with Gasteiger partial charge in [-0.3, -0.25) is 14.3 Å². The van der Waals surface area contributed by atoms with Crippen LogP contribution in [0.15, 0.2) is 120 Å². The van der Waals surface area contributed by atoms with Crippen molar-refractivity contribution >= 4 is 11.6 Å². The summed E-state index contributed by atoms with van der Waals surface area (Å²) in [4.78, 5) is 25.9. The topological polar surface area (TPSA) is 92.6 Å². The summed E-state index contributed by atoms with van der Waals surface area (Å²) >= 11 is 0. The van der Waals surface area contributed by atoms with Crippen molar-refractivity contribution in [3.63, 3.8) is 0 Å². The molecule has 0 saturated carbocycles. The van der Waals surface area contributed by atoms with Crippen LogP contribution in [0.3, 0.4) is 0 Å². The molecule has 192 valence electrons. The molecular formula is C32H25N3O4. The van der Waals surface area contributed by atoms with Gasteiger partial charge in [-0.15, -0.1) is 0 Å². The maximum atomic E-state index is 13.5. The van der Waals surface area contributed by atoms with E-state index in [0.29, 0.717) is 18.0 Å². The Balaban J connectivity index is 1.35. The van der Waals surface area contributed by atoms with E-state index in [-0.39, 0.29) is 5.69 Å². The van der Waals surface area contributed by atoms with E-state index in [0.717, 1.165) is 27.8 Å². The third kappa shape index (κ3) is 4.73. The third-order valence-electron chi connectivity index (χ3n) is 6.79. The number of aromatic hydroxyl groups is 1. The number of hydrogen-bond donors (Lipinski definition) is 3. The van der Waals surface area contributed by atoms with Crippen LogP contribution >= 0.6 is 0 Å². The van der Waals surface area contributed by atoms with Crippen molar-refractivity contribution < 1.29 is 14.6 Å². The van der Waals surface area contributed by atoms with Crippen molar-refractivity contribution in [1.29, 1.82) is 0 Å². The van der Waals surface area contributed by atoms with E-state index < -0.39 is 23.1 Å². The van der Waals surface area contributed by atoms with Crippen LogP contribution in [-0.2, 0) is 6.61 Å². The van der Waals surface area contributed by atoms with Crippen LogP contribution < -0.4 is 20.9 Å². The van der Waals surface area contributed by atoms with Crippen LogP contribution in [0.2, 0.25) is 0 Å². The summed E-state index contributed by atoms with van der Waals surface area (Å²) in [6.45, 7) is 0.396. The van der Waals surface area contributed by atoms with Gasteiger partial charge in [-0.2, -0.15) is 0 Å². The van der Waals surface area contributed by atoms with Crippen molar-refractivity contribution in [2.24, 2.45) is 0 Å². The smallest absolute Gasteiger partial charge is 0.278 e.